The van der Waals surface area contributed by atoms with Gasteiger partial charge in [0, 0.05) is 28.9 Å². The van der Waals surface area contributed by atoms with Gasteiger partial charge in [-0.25, -0.2) is 4.39 Å². The second-order valence-electron chi connectivity index (χ2n) is 4.09. The number of rotatable bonds is 3. The predicted molar refractivity (Wildman–Crippen MR) is 72.9 cm³/mol. The second-order valence-corrected chi connectivity index (χ2v) is 5.59. The van der Waals surface area contributed by atoms with Crippen molar-refractivity contribution in [2.45, 2.75) is 12.6 Å². The molecule has 0 saturated carbocycles. The number of halogens is 3. The van der Waals surface area contributed by atoms with E-state index in [9.17, 15) is 4.39 Å². The molecule has 1 unspecified atom stereocenters. The first-order valence-electron chi connectivity index (χ1n) is 5.52. The second kappa shape index (κ2) is 6.27. The number of benzene rings is 1. The zero-order valence-corrected chi connectivity index (χ0v) is 12.5. The predicted octanol–water partition coefficient (Wildman–Crippen LogP) is 3.18. The van der Waals surface area contributed by atoms with Crippen LogP contribution in [0.5, 0.6) is 0 Å². The molecule has 5 heteroatoms. The first-order valence-corrected chi connectivity index (χ1v) is 7.44. The minimum absolute atomic E-state index is 0.209. The molecular weight excluding hydrogens is 353 g/mol. The zero-order chi connectivity index (χ0) is 12.3. The van der Waals surface area contributed by atoms with E-state index < -0.39 is 0 Å². The molecule has 94 valence electrons. The maximum atomic E-state index is 13.0. The Kier molecular flexibility index (Phi) is 4.97. The summed E-state index contributed by atoms with van der Waals surface area (Å²) in [6.45, 7) is 3.26. The molecule has 0 spiro atoms. The normalized spacial score (nSPS) is 21.7. The minimum Gasteiger partial charge on any atom is -0.378 e. The highest BCUT2D eigenvalue weighted by molar-refractivity contribution is 9.10. The molecule has 1 aromatic carbocycles. The number of nitrogens with zero attached hydrogens (tertiary/aromatic N) is 1. The van der Waals surface area contributed by atoms with Gasteiger partial charge in [0.15, 0.2) is 0 Å². The summed E-state index contributed by atoms with van der Waals surface area (Å²) in [4.78, 5) is 2.36. The average molecular weight is 367 g/mol. The van der Waals surface area contributed by atoms with Crippen molar-refractivity contribution in [2.24, 2.45) is 0 Å². The standard InChI is InChI=1S/C12H14Br2FNO/c13-6-11-8-17-4-3-16(11)7-9-1-2-10(15)5-12(9)14/h1-2,5,11H,3-4,6-8H2. The largest absolute Gasteiger partial charge is 0.378 e. The summed E-state index contributed by atoms with van der Waals surface area (Å²) in [6.07, 6.45) is 0. The molecule has 0 aliphatic carbocycles. The maximum absolute atomic E-state index is 13.0. The molecule has 1 aromatic rings. The van der Waals surface area contributed by atoms with Gasteiger partial charge in [0.1, 0.15) is 5.82 Å². The zero-order valence-electron chi connectivity index (χ0n) is 9.33. The highest BCUT2D eigenvalue weighted by Gasteiger charge is 2.22. The Hall–Kier alpha value is 0.0300. The quantitative estimate of drug-likeness (QED) is 0.762. The Bertz CT molecular complexity index is 389. The summed E-state index contributed by atoms with van der Waals surface area (Å²) in [6, 6.07) is 5.24. The lowest BCUT2D eigenvalue weighted by atomic mass is 10.1. The molecule has 1 fully saturated rings. The number of hydrogen-bond acceptors (Lipinski definition) is 2. The van der Waals surface area contributed by atoms with Gasteiger partial charge in [-0.2, -0.15) is 0 Å². The number of hydrogen-bond donors (Lipinski definition) is 0. The van der Waals surface area contributed by atoms with E-state index >= 15 is 0 Å². The lowest BCUT2D eigenvalue weighted by Gasteiger charge is -2.34. The van der Waals surface area contributed by atoms with E-state index in [2.05, 4.69) is 36.8 Å². The lowest BCUT2D eigenvalue weighted by molar-refractivity contribution is -0.00222. The van der Waals surface area contributed by atoms with E-state index in [4.69, 9.17) is 4.74 Å². The van der Waals surface area contributed by atoms with E-state index in [1.165, 1.54) is 12.1 Å². The van der Waals surface area contributed by atoms with Crippen LogP contribution >= 0.6 is 31.9 Å². The van der Waals surface area contributed by atoms with Gasteiger partial charge in [-0.3, -0.25) is 4.90 Å². The van der Waals surface area contributed by atoms with Gasteiger partial charge in [-0.15, -0.1) is 0 Å². The number of morpholine rings is 1. The topological polar surface area (TPSA) is 12.5 Å². The maximum Gasteiger partial charge on any atom is 0.124 e. The molecule has 1 atom stereocenters. The molecule has 2 rings (SSSR count). The molecule has 0 bridgehead atoms. The van der Waals surface area contributed by atoms with Gasteiger partial charge in [-0.1, -0.05) is 37.9 Å². The van der Waals surface area contributed by atoms with E-state index in [1.54, 1.807) is 0 Å². The summed E-state index contributed by atoms with van der Waals surface area (Å²) in [7, 11) is 0. The molecule has 0 amide bonds. The van der Waals surface area contributed by atoms with Crippen molar-refractivity contribution in [1.82, 2.24) is 4.90 Å². The Morgan fingerprint density at radius 1 is 1.47 bits per heavy atom. The van der Waals surface area contributed by atoms with Crippen LogP contribution in [0.3, 0.4) is 0 Å². The molecule has 1 heterocycles. The van der Waals surface area contributed by atoms with Gasteiger partial charge in [0.25, 0.3) is 0 Å². The third-order valence-corrected chi connectivity index (χ3v) is 4.40. The molecule has 0 aromatic heterocycles. The highest BCUT2D eigenvalue weighted by atomic mass is 79.9. The van der Waals surface area contributed by atoms with Crippen molar-refractivity contribution in [3.8, 4) is 0 Å². The smallest absolute Gasteiger partial charge is 0.124 e. The van der Waals surface area contributed by atoms with Crippen molar-refractivity contribution in [3.05, 3.63) is 34.1 Å². The Labute approximate surface area is 117 Å². The molecule has 0 N–H and O–H groups in total. The van der Waals surface area contributed by atoms with E-state index in [0.717, 1.165) is 41.7 Å². The van der Waals surface area contributed by atoms with Crippen LogP contribution in [0.15, 0.2) is 22.7 Å². The van der Waals surface area contributed by atoms with Crippen molar-refractivity contribution >= 4 is 31.9 Å². The summed E-state index contributed by atoms with van der Waals surface area (Å²) in [5.41, 5.74) is 1.11. The van der Waals surface area contributed by atoms with Gasteiger partial charge in [-0.05, 0) is 17.7 Å². The fourth-order valence-electron chi connectivity index (χ4n) is 1.91. The summed E-state index contributed by atoms with van der Waals surface area (Å²) in [5, 5.41) is 0.895. The third kappa shape index (κ3) is 3.50. The Balaban J connectivity index is 2.08. The van der Waals surface area contributed by atoms with Crippen molar-refractivity contribution < 1.29 is 9.13 Å². The first kappa shape index (κ1) is 13.5. The van der Waals surface area contributed by atoms with Crippen LogP contribution in [-0.2, 0) is 11.3 Å². The van der Waals surface area contributed by atoms with Gasteiger partial charge >= 0.3 is 0 Å². The van der Waals surface area contributed by atoms with Crippen LogP contribution < -0.4 is 0 Å². The summed E-state index contributed by atoms with van der Waals surface area (Å²) < 4.78 is 19.3. The van der Waals surface area contributed by atoms with Gasteiger partial charge < -0.3 is 4.74 Å². The fraction of sp³-hybridized carbons (Fsp3) is 0.500. The van der Waals surface area contributed by atoms with E-state index in [0.29, 0.717) is 6.04 Å². The molecule has 1 saturated heterocycles. The lowest BCUT2D eigenvalue weighted by Crippen LogP contribution is -2.45. The van der Waals surface area contributed by atoms with Crippen molar-refractivity contribution in [2.75, 3.05) is 25.1 Å². The number of alkyl halides is 1. The molecule has 1 aliphatic heterocycles. The minimum atomic E-state index is -0.209. The van der Waals surface area contributed by atoms with Crippen LogP contribution in [0, 0.1) is 5.82 Å². The van der Waals surface area contributed by atoms with Gasteiger partial charge in [0.05, 0.1) is 13.2 Å². The summed E-state index contributed by atoms with van der Waals surface area (Å²) >= 11 is 6.91. The fourth-order valence-corrected chi connectivity index (χ4v) is 2.98. The molecular formula is C12H14Br2FNO. The SMILES string of the molecule is Fc1ccc(CN2CCOCC2CBr)c(Br)c1. The Morgan fingerprint density at radius 3 is 3.00 bits per heavy atom. The number of ether oxygens (including phenoxy) is 1. The Morgan fingerprint density at radius 2 is 2.29 bits per heavy atom. The van der Waals surface area contributed by atoms with E-state index in [-0.39, 0.29) is 5.82 Å². The van der Waals surface area contributed by atoms with Crippen molar-refractivity contribution in [1.29, 1.82) is 0 Å². The monoisotopic (exact) mass is 365 g/mol. The van der Waals surface area contributed by atoms with Crippen LogP contribution in [0.2, 0.25) is 0 Å². The first-order chi connectivity index (χ1) is 8.20. The average Bonchev–Trinajstić information content (AvgIpc) is 2.33. The van der Waals surface area contributed by atoms with Crippen LogP contribution in [0.25, 0.3) is 0 Å². The molecule has 1 aliphatic rings. The molecule has 0 radical (unpaired) electrons. The van der Waals surface area contributed by atoms with Gasteiger partial charge in [0.2, 0.25) is 0 Å². The molecule has 17 heavy (non-hydrogen) atoms. The van der Waals surface area contributed by atoms with E-state index in [1.807, 2.05) is 6.07 Å². The molecule has 2 nitrogen and oxygen atoms in total. The van der Waals surface area contributed by atoms with Crippen molar-refractivity contribution in [3.63, 3.8) is 0 Å². The summed E-state index contributed by atoms with van der Waals surface area (Å²) in [5.74, 6) is -0.209. The third-order valence-electron chi connectivity index (χ3n) is 2.92. The van der Waals surface area contributed by atoms with Crippen LogP contribution in [0.4, 0.5) is 4.39 Å². The van der Waals surface area contributed by atoms with Crippen LogP contribution in [-0.4, -0.2) is 36.0 Å². The highest BCUT2D eigenvalue weighted by Crippen LogP contribution is 2.22. The van der Waals surface area contributed by atoms with Crippen LogP contribution in [0.1, 0.15) is 5.56 Å².